The van der Waals surface area contributed by atoms with Gasteiger partial charge in [0.1, 0.15) is 0 Å². The van der Waals surface area contributed by atoms with Gasteiger partial charge in [0, 0.05) is 0 Å². The van der Waals surface area contributed by atoms with Crippen LogP contribution in [0.1, 0.15) is 16.2 Å². The predicted molar refractivity (Wildman–Crippen MR) is 54.6 cm³/mol. The van der Waals surface area contributed by atoms with Gasteiger partial charge in [-0.25, -0.2) is 0 Å². The van der Waals surface area contributed by atoms with Crippen LogP contribution >= 0.6 is 0 Å². The molecule has 0 aromatic carbocycles. The van der Waals surface area contributed by atoms with Crippen molar-refractivity contribution in [3.05, 3.63) is 28.8 Å². The van der Waals surface area contributed by atoms with E-state index in [4.69, 9.17) is 4.74 Å². The number of hydrogen-bond donors (Lipinski definition) is 0. The molecule has 0 fully saturated rings. The van der Waals surface area contributed by atoms with Crippen molar-refractivity contribution in [1.29, 1.82) is 0 Å². The SMILES string of the molecule is CCOC(=O)c1cc2cccnc2[se]1. The van der Waals surface area contributed by atoms with Gasteiger partial charge in [0.2, 0.25) is 0 Å². The molecule has 0 aliphatic rings. The summed E-state index contributed by atoms with van der Waals surface area (Å²) in [6, 6.07) is 5.72. The molecule has 2 aromatic rings. The molecule has 0 aliphatic heterocycles. The first kappa shape index (κ1) is 9.44. The zero-order chi connectivity index (χ0) is 9.97. The number of ether oxygens (including phenoxy) is 1. The Balaban J connectivity index is 2.40. The number of hydrogen-bond acceptors (Lipinski definition) is 3. The Bertz CT molecular complexity index is 431. The van der Waals surface area contributed by atoms with E-state index in [1.165, 1.54) is 0 Å². The Kier molecular flexibility index (Phi) is 2.66. The first-order chi connectivity index (χ1) is 6.81. The first-order valence-electron chi connectivity index (χ1n) is 4.33. The molecule has 0 saturated heterocycles. The average molecular weight is 254 g/mol. The molecule has 2 heterocycles. The van der Waals surface area contributed by atoms with Crippen molar-refractivity contribution in [3.63, 3.8) is 0 Å². The van der Waals surface area contributed by atoms with Crippen molar-refractivity contribution in [2.75, 3.05) is 6.61 Å². The third-order valence-corrected chi connectivity index (χ3v) is 3.95. The van der Waals surface area contributed by atoms with Gasteiger partial charge in [-0.3, -0.25) is 0 Å². The van der Waals surface area contributed by atoms with Gasteiger partial charge in [-0.2, -0.15) is 0 Å². The molecular weight excluding hydrogens is 245 g/mol. The Morgan fingerprint density at radius 1 is 1.64 bits per heavy atom. The van der Waals surface area contributed by atoms with Crippen LogP contribution in [0.4, 0.5) is 0 Å². The van der Waals surface area contributed by atoms with E-state index in [1.54, 1.807) is 6.20 Å². The Labute approximate surface area is 87.5 Å². The second-order valence-electron chi connectivity index (χ2n) is 2.73. The maximum absolute atomic E-state index is 11.4. The van der Waals surface area contributed by atoms with E-state index in [0.29, 0.717) is 6.61 Å². The van der Waals surface area contributed by atoms with Crippen molar-refractivity contribution in [1.82, 2.24) is 4.98 Å². The normalized spacial score (nSPS) is 10.4. The van der Waals surface area contributed by atoms with E-state index in [-0.39, 0.29) is 20.5 Å². The second kappa shape index (κ2) is 3.94. The number of esters is 1. The van der Waals surface area contributed by atoms with Crippen LogP contribution in [0.5, 0.6) is 0 Å². The van der Waals surface area contributed by atoms with Crippen molar-refractivity contribution < 1.29 is 9.53 Å². The van der Waals surface area contributed by atoms with Crippen LogP contribution in [-0.4, -0.2) is 32.1 Å². The zero-order valence-corrected chi connectivity index (χ0v) is 9.40. The predicted octanol–water partition coefficient (Wildman–Crippen LogP) is 1.47. The number of aromatic nitrogens is 1. The van der Waals surface area contributed by atoms with Gasteiger partial charge in [-0.05, 0) is 0 Å². The molecule has 0 spiro atoms. The number of fused-ring (bicyclic) bond motifs is 1. The Morgan fingerprint density at radius 3 is 3.21 bits per heavy atom. The van der Waals surface area contributed by atoms with Crippen molar-refractivity contribution in [2.45, 2.75) is 6.92 Å². The quantitative estimate of drug-likeness (QED) is 0.601. The number of nitrogens with zero attached hydrogens (tertiary/aromatic N) is 1. The molecule has 2 rings (SSSR count). The molecule has 0 atom stereocenters. The summed E-state index contributed by atoms with van der Waals surface area (Å²) in [5.74, 6) is -0.203. The number of carbonyl (C=O) groups excluding carboxylic acids is 1. The van der Waals surface area contributed by atoms with E-state index in [0.717, 1.165) is 14.2 Å². The Morgan fingerprint density at radius 2 is 2.50 bits per heavy atom. The summed E-state index contributed by atoms with van der Waals surface area (Å²) < 4.78 is 6.71. The summed E-state index contributed by atoms with van der Waals surface area (Å²) in [6.07, 6.45) is 1.75. The molecule has 0 amide bonds. The molecule has 0 bridgehead atoms. The van der Waals surface area contributed by atoms with Crippen molar-refractivity contribution in [3.8, 4) is 0 Å². The summed E-state index contributed by atoms with van der Waals surface area (Å²) in [4.78, 5) is 15.6. The molecule has 0 unspecified atom stereocenters. The van der Waals surface area contributed by atoms with Crippen LogP contribution in [0.25, 0.3) is 9.78 Å². The molecule has 72 valence electrons. The van der Waals surface area contributed by atoms with Crippen LogP contribution < -0.4 is 0 Å². The average Bonchev–Trinajstić information content (AvgIpc) is 2.61. The summed E-state index contributed by atoms with van der Waals surface area (Å²) in [7, 11) is 0. The third-order valence-electron chi connectivity index (χ3n) is 1.77. The van der Waals surface area contributed by atoms with E-state index in [9.17, 15) is 4.79 Å². The maximum atomic E-state index is 11.4. The third kappa shape index (κ3) is 1.72. The van der Waals surface area contributed by atoms with Gasteiger partial charge in [0.25, 0.3) is 0 Å². The molecule has 4 heteroatoms. The number of rotatable bonds is 2. The minimum absolute atomic E-state index is 0.0167. The molecule has 0 radical (unpaired) electrons. The molecule has 0 aliphatic carbocycles. The van der Waals surface area contributed by atoms with Crippen LogP contribution in [0.15, 0.2) is 24.4 Å². The van der Waals surface area contributed by atoms with Gasteiger partial charge in [0.05, 0.1) is 0 Å². The summed E-state index contributed by atoms with van der Waals surface area (Å²) in [6.45, 7) is 2.24. The summed E-state index contributed by atoms with van der Waals surface area (Å²) in [5, 5.41) is 1.05. The molecule has 3 nitrogen and oxygen atoms in total. The van der Waals surface area contributed by atoms with Gasteiger partial charge < -0.3 is 0 Å². The van der Waals surface area contributed by atoms with Gasteiger partial charge in [-0.15, -0.1) is 0 Å². The standard InChI is InChI=1S/C10H9NO2Se/c1-2-13-10(12)8-6-7-4-3-5-11-9(7)14-8/h3-6H,2H2,1H3. The minimum atomic E-state index is -0.203. The van der Waals surface area contributed by atoms with Crippen LogP contribution in [-0.2, 0) is 4.74 Å². The second-order valence-corrected chi connectivity index (χ2v) is 4.89. The van der Waals surface area contributed by atoms with E-state index >= 15 is 0 Å². The molecular formula is C10H9NO2Se. The van der Waals surface area contributed by atoms with E-state index in [1.807, 2.05) is 25.1 Å². The topological polar surface area (TPSA) is 39.2 Å². The fourth-order valence-corrected chi connectivity index (χ4v) is 3.05. The first-order valence-corrected chi connectivity index (χ1v) is 6.04. The molecule has 0 N–H and O–H groups in total. The zero-order valence-electron chi connectivity index (χ0n) is 7.69. The van der Waals surface area contributed by atoms with Gasteiger partial charge in [0.15, 0.2) is 0 Å². The Hall–Kier alpha value is -1.12. The fourth-order valence-electron chi connectivity index (χ4n) is 1.18. The molecule has 14 heavy (non-hydrogen) atoms. The van der Waals surface area contributed by atoms with Crippen LogP contribution in [0.2, 0.25) is 0 Å². The molecule has 0 saturated carbocycles. The van der Waals surface area contributed by atoms with E-state index < -0.39 is 0 Å². The number of carbonyl (C=O) groups is 1. The van der Waals surface area contributed by atoms with Gasteiger partial charge in [-0.1, -0.05) is 0 Å². The summed E-state index contributed by atoms with van der Waals surface area (Å²) >= 11 is 0.0167. The van der Waals surface area contributed by atoms with Gasteiger partial charge >= 0.3 is 87.1 Å². The summed E-state index contributed by atoms with van der Waals surface area (Å²) in [5.41, 5.74) is 0. The van der Waals surface area contributed by atoms with Crippen molar-refractivity contribution >= 4 is 30.2 Å². The van der Waals surface area contributed by atoms with Crippen LogP contribution in [0.3, 0.4) is 0 Å². The van der Waals surface area contributed by atoms with Crippen molar-refractivity contribution in [2.24, 2.45) is 0 Å². The molecule has 2 aromatic heterocycles. The monoisotopic (exact) mass is 255 g/mol. The van der Waals surface area contributed by atoms with E-state index in [2.05, 4.69) is 4.98 Å². The van der Waals surface area contributed by atoms with Crippen LogP contribution in [0, 0.1) is 0 Å². The number of pyridine rings is 1. The fraction of sp³-hybridized carbons (Fsp3) is 0.200.